The lowest BCUT2D eigenvalue weighted by atomic mass is 9.95. The van der Waals surface area contributed by atoms with Crippen LogP contribution in [0.25, 0.3) is 0 Å². The van der Waals surface area contributed by atoms with E-state index in [-0.39, 0.29) is 12.4 Å². The monoisotopic (exact) mass is 168 g/mol. The van der Waals surface area contributed by atoms with Gasteiger partial charge in [-0.25, -0.2) is 0 Å². The number of ketones is 1. The summed E-state index contributed by atoms with van der Waals surface area (Å²) in [6.45, 7) is 0.124. The van der Waals surface area contributed by atoms with Crippen LogP contribution in [0.5, 0.6) is 0 Å². The van der Waals surface area contributed by atoms with E-state index in [4.69, 9.17) is 5.11 Å². The minimum absolute atomic E-state index is 0.124. The highest BCUT2D eigenvalue weighted by atomic mass is 16.3. The zero-order chi connectivity index (χ0) is 8.81. The van der Waals surface area contributed by atoms with Crippen molar-refractivity contribution in [1.29, 1.82) is 0 Å². The van der Waals surface area contributed by atoms with Crippen molar-refractivity contribution >= 4 is 5.78 Å². The highest BCUT2D eigenvalue weighted by Crippen LogP contribution is 2.19. The molecule has 1 aliphatic carbocycles. The van der Waals surface area contributed by atoms with Crippen molar-refractivity contribution in [3.63, 3.8) is 0 Å². The first-order valence-electron chi connectivity index (χ1n) is 4.67. The molecule has 0 aromatic carbocycles. The van der Waals surface area contributed by atoms with Crippen molar-refractivity contribution in [1.82, 2.24) is 0 Å². The molecule has 0 aliphatic heterocycles. The van der Waals surface area contributed by atoms with Crippen LogP contribution in [0.3, 0.4) is 0 Å². The predicted molar refractivity (Wildman–Crippen MR) is 47.9 cm³/mol. The molecule has 0 unspecified atom stereocenters. The van der Waals surface area contributed by atoms with Gasteiger partial charge in [0.05, 0.1) is 0 Å². The van der Waals surface area contributed by atoms with E-state index in [0.717, 1.165) is 24.8 Å². The van der Waals surface area contributed by atoms with Gasteiger partial charge in [0.2, 0.25) is 0 Å². The van der Waals surface area contributed by atoms with Gasteiger partial charge in [0.15, 0.2) is 5.78 Å². The SMILES string of the molecule is O=C(CCCO)C1=CCCCC1. The summed E-state index contributed by atoms with van der Waals surface area (Å²) in [6, 6.07) is 0. The van der Waals surface area contributed by atoms with E-state index in [1.807, 2.05) is 0 Å². The van der Waals surface area contributed by atoms with Gasteiger partial charge in [0, 0.05) is 13.0 Å². The van der Waals surface area contributed by atoms with Crippen molar-refractivity contribution in [3.8, 4) is 0 Å². The molecule has 0 bridgehead atoms. The van der Waals surface area contributed by atoms with E-state index in [2.05, 4.69) is 6.08 Å². The van der Waals surface area contributed by atoms with Crippen LogP contribution >= 0.6 is 0 Å². The van der Waals surface area contributed by atoms with Gasteiger partial charge >= 0.3 is 0 Å². The molecule has 0 saturated heterocycles. The highest BCUT2D eigenvalue weighted by molar-refractivity contribution is 5.95. The largest absolute Gasteiger partial charge is 0.396 e. The molecule has 0 aromatic rings. The van der Waals surface area contributed by atoms with E-state index in [1.54, 1.807) is 0 Å². The van der Waals surface area contributed by atoms with Gasteiger partial charge in [-0.3, -0.25) is 4.79 Å². The van der Waals surface area contributed by atoms with Crippen LogP contribution in [0.2, 0.25) is 0 Å². The average Bonchev–Trinajstić information content (AvgIpc) is 2.15. The summed E-state index contributed by atoms with van der Waals surface area (Å²) in [6.07, 6.45) is 7.56. The van der Waals surface area contributed by atoms with Crippen molar-refractivity contribution < 1.29 is 9.90 Å². The smallest absolute Gasteiger partial charge is 0.158 e. The number of hydrogen-bond donors (Lipinski definition) is 1. The second-order valence-electron chi connectivity index (χ2n) is 3.23. The Morgan fingerprint density at radius 3 is 2.92 bits per heavy atom. The van der Waals surface area contributed by atoms with Crippen LogP contribution in [0.15, 0.2) is 11.6 Å². The quantitative estimate of drug-likeness (QED) is 0.695. The number of carbonyl (C=O) groups is 1. The molecule has 0 aromatic heterocycles. The maximum atomic E-state index is 11.4. The Morgan fingerprint density at radius 2 is 2.33 bits per heavy atom. The van der Waals surface area contributed by atoms with Crippen LogP contribution in [0.1, 0.15) is 38.5 Å². The number of hydrogen-bond acceptors (Lipinski definition) is 2. The van der Waals surface area contributed by atoms with Gasteiger partial charge in [-0.05, 0) is 37.7 Å². The third kappa shape index (κ3) is 2.78. The molecule has 0 spiro atoms. The van der Waals surface area contributed by atoms with Gasteiger partial charge in [-0.1, -0.05) is 6.08 Å². The maximum absolute atomic E-state index is 11.4. The normalized spacial score (nSPS) is 17.2. The molecule has 1 aliphatic rings. The van der Waals surface area contributed by atoms with Gasteiger partial charge in [0.1, 0.15) is 0 Å². The summed E-state index contributed by atoms with van der Waals surface area (Å²) in [5.41, 5.74) is 0.995. The summed E-state index contributed by atoms with van der Waals surface area (Å²) in [5.74, 6) is 0.240. The summed E-state index contributed by atoms with van der Waals surface area (Å²) >= 11 is 0. The summed E-state index contributed by atoms with van der Waals surface area (Å²) in [5, 5.41) is 8.54. The van der Waals surface area contributed by atoms with Crippen LogP contribution in [0.4, 0.5) is 0 Å². The zero-order valence-corrected chi connectivity index (χ0v) is 7.38. The summed E-state index contributed by atoms with van der Waals surface area (Å²) in [4.78, 5) is 11.4. The minimum atomic E-state index is 0.124. The molecular weight excluding hydrogens is 152 g/mol. The van der Waals surface area contributed by atoms with E-state index in [1.165, 1.54) is 6.42 Å². The molecule has 68 valence electrons. The van der Waals surface area contributed by atoms with E-state index in [0.29, 0.717) is 12.8 Å². The second-order valence-corrected chi connectivity index (χ2v) is 3.23. The first kappa shape index (κ1) is 9.46. The highest BCUT2D eigenvalue weighted by Gasteiger charge is 2.10. The lowest BCUT2D eigenvalue weighted by Crippen LogP contribution is -2.06. The fourth-order valence-electron chi connectivity index (χ4n) is 1.49. The predicted octanol–water partition coefficient (Wildman–Crippen LogP) is 1.83. The Labute approximate surface area is 73.3 Å². The molecule has 1 N–H and O–H groups in total. The molecule has 1 rings (SSSR count). The Kier molecular flexibility index (Phi) is 4.01. The summed E-state index contributed by atoms with van der Waals surface area (Å²) < 4.78 is 0. The molecule has 0 fully saturated rings. The van der Waals surface area contributed by atoms with Gasteiger partial charge in [-0.15, -0.1) is 0 Å². The number of allylic oxidation sites excluding steroid dienone is 2. The number of carbonyl (C=O) groups excluding carboxylic acids is 1. The Balaban J connectivity index is 2.35. The van der Waals surface area contributed by atoms with Crippen LogP contribution < -0.4 is 0 Å². The van der Waals surface area contributed by atoms with E-state index < -0.39 is 0 Å². The van der Waals surface area contributed by atoms with Crippen LogP contribution in [0, 0.1) is 0 Å². The molecule has 0 saturated carbocycles. The molecule has 0 atom stereocenters. The lowest BCUT2D eigenvalue weighted by molar-refractivity contribution is -0.116. The van der Waals surface area contributed by atoms with Gasteiger partial charge in [-0.2, -0.15) is 0 Å². The Hall–Kier alpha value is -0.630. The van der Waals surface area contributed by atoms with Gasteiger partial charge in [0.25, 0.3) is 0 Å². The third-order valence-corrected chi connectivity index (χ3v) is 2.21. The van der Waals surface area contributed by atoms with Crippen LogP contribution in [-0.4, -0.2) is 17.5 Å². The number of aliphatic hydroxyl groups is 1. The third-order valence-electron chi connectivity index (χ3n) is 2.21. The van der Waals surface area contributed by atoms with Crippen molar-refractivity contribution in [3.05, 3.63) is 11.6 Å². The Morgan fingerprint density at radius 1 is 1.50 bits per heavy atom. The molecule has 0 radical (unpaired) electrons. The van der Waals surface area contributed by atoms with E-state index in [9.17, 15) is 4.79 Å². The fraction of sp³-hybridized carbons (Fsp3) is 0.700. The molecule has 0 amide bonds. The molecular formula is C10H16O2. The van der Waals surface area contributed by atoms with Crippen LogP contribution in [-0.2, 0) is 4.79 Å². The average molecular weight is 168 g/mol. The van der Waals surface area contributed by atoms with Crippen molar-refractivity contribution in [2.75, 3.05) is 6.61 Å². The molecule has 2 heteroatoms. The first-order chi connectivity index (χ1) is 5.84. The van der Waals surface area contributed by atoms with Crippen molar-refractivity contribution in [2.45, 2.75) is 38.5 Å². The number of Topliss-reactive ketones (excluding diaryl/α,β-unsaturated/α-hetero) is 1. The molecule has 2 nitrogen and oxygen atoms in total. The van der Waals surface area contributed by atoms with Gasteiger partial charge < -0.3 is 5.11 Å². The van der Waals surface area contributed by atoms with E-state index >= 15 is 0 Å². The maximum Gasteiger partial charge on any atom is 0.158 e. The number of aliphatic hydroxyl groups excluding tert-OH is 1. The number of rotatable bonds is 4. The zero-order valence-electron chi connectivity index (χ0n) is 7.38. The van der Waals surface area contributed by atoms with Crippen molar-refractivity contribution in [2.24, 2.45) is 0 Å². The first-order valence-corrected chi connectivity index (χ1v) is 4.67. The molecule has 12 heavy (non-hydrogen) atoms. The lowest BCUT2D eigenvalue weighted by Gasteiger charge is -2.10. The molecule has 0 heterocycles. The second kappa shape index (κ2) is 5.09. The minimum Gasteiger partial charge on any atom is -0.396 e. The fourth-order valence-corrected chi connectivity index (χ4v) is 1.49. The Bertz CT molecular complexity index is 182. The topological polar surface area (TPSA) is 37.3 Å². The summed E-state index contributed by atoms with van der Waals surface area (Å²) in [7, 11) is 0. The standard InChI is InChI=1S/C10H16O2/c11-8-4-7-10(12)9-5-2-1-3-6-9/h5,11H,1-4,6-8H2.